The number of carboxylic acid groups (broad SMARTS) is 1. The zero-order chi connectivity index (χ0) is 22.0. The predicted octanol–water partition coefficient (Wildman–Crippen LogP) is 4.00. The lowest BCUT2D eigenvalue weighted by atomic mass is 10.1. The average Bonchev–Trinajstić information content (AvgIpc) is 2.74. The largest absolute Gasteiger partial charge is 0.497 e. The number of hydrogen-bond donors (Lipinski definition) is 1. The average molecular weight is 444 g/mol. The Morgan fingerprint density at radius 3 is 2.58 bits per heavy atom. The van der Waals surface area contributed by atoms with Gasteiger partial charge in [-0.3, -0.25) is 14.5 Å². The van der Waals surface area contributed by atoms with Gasteiger partial charge in [0.2, 0.25) is 5.91 Å². The molecule has 1 amide bonds. The molecule has 2 aliphatic heterocycles. The summed E-state index contributed by atoms with van der Waals surface area (Å²) in [5.41, 5.74) is 2.56. The van der Waals surface area contributed by atoms with E-state index >= 15 is 0 Å². The number of nitrogens with zero attached hydrogens (tertiary/aromatic N) is 1. The summed E-state index contributed by atoms with van der Waals surface area (Å²) < 4.78 is 16.2. The molecule has 2 aliphatic rings. The Balaban J connectivity index is 1.46. The van der Waals surface area contributed by atoms with Crippen LogP contribution in [0.25, 0.3) is 0 Å². The molecule has 4 rings (SSSR count). The number of benzene rings is 2. The van der Waals surface area contributed by atoms with Crippen molar-refractivity contribution in [3.63, 3.8) is 0 Å². The molecule has 31 heavy (non-hydrogen) atoms. The minimum absolute atomic E-state index is 0.171. The van der Waals surface area contributed by atoms with Gasteiger partial charge in [-0.2, -0.15) is 0 Å². The molecule has 0 aromatic heterocycles. The number of aliphatic carboxylic acids is 1. The lowest BCUT2D eigenvalue weighted by molar-refractivity contribution is -0.382. The fourth-order valence-corrected chi connectivity index (χ4v) is 5.02. The van der Waals surface area contributed by atoms with E-state index in [1.54, 1.807) is 13.2 Å². The fraction of sp³-hybridized carbons (Fsp3) is 0.391. The first kappa shape index (κ1) is 21.7. The highest BCUT2D eigenvalue weighted by molar-refractivity contribution is 8.01. The summed E-state index contributed by atoms with van der Waals surface area (Å²) in [5.74, 6) is -0.400. The highest BCUT2D eigenvalue weighted by Crippen LogP contribution is 2.43. The van der Waals surface area contributed by atoms with Crippen molar-refractivity contribution < 1.29 is 28.9 Å². The quantitative estimate of drug-likeness (QED) is 0.660. The van der Waals surface area contributed by atoms with Gasteiger partial charge in [-0.05, 0) is 56.0 Å². The molecule has 1 saturated heterocycles. The molecular weight excluding hydrogens is 418 g/mol. The predicted molar refractivity (Wildman–Crippen MR) is 116 cm³/mol. The third kappa shape index (κ3) is 4.87. The molecule has 2 aromatic rings. The first-order chi connectivity index (χ1) is 14.9. The molecule has 1 fully saturated rings. The zero-order valence-electron chi connectivity index (χ0n) is 17.4. The molecule has 0 bridgehead atoms. The van der Waals surface area contributed by atoms with E-state index in [4.69, 9.17) is 14.2 Å². The van der Waals surface area contributed by atoms with E-state index in [-0.39, 0.29) is 24.0 Å². The third-order valence-electron chi connectivity index (χ3n) is 5.37. The maximum absolute atomic E-state index is 13.1. The van der Waals surface area contributed by atoms with Gasteiger partial charge in [-0.25, -0.2) is 0 Å². The van der Waals surface area contributed by atoms with Crippen LogP contribution in [0.15, 0.2) is 47.4 Å². The Hall–Kier alpha value is -2.55. The molecule has 1 atom stereocenters. The van der Waals surface area contributed by atoms with Gasteiger partial charge in [0.1, 0.15) is 12.3 Å². The van der Waals surface area contributed by atoms with Crippen molar-refractivity contribution in [2.45, 2.75) is 48.9 Å². The molecule has 7 nitrogen and oxygen atoms in total. The van der Waals surface area contributed by atoms with Crippen molar-refractivity contribution in [3.8, 4) is 5.75 Å². The van der Waals surface area contributed by atoms with E-state index in [2.05, 4.69) is 0 Å². The van der Waals surface area contributed by atoms with Crippen LogP contribution in [0.1, 0.15) is 37.2 Å². The smallest absolute Gasteiger partial charge is 0.323 e. The summed E-state index contributed by atoms with van der Waals surface area (Å²) in [4.78, 5) is 26.8. The number of thioether (sulfide) groups is 1. The van der Waals surface area contributed by atoms with Gasteiger partial charge in [-0.1, -0.05) is 18.2 Å². The molecule has 8 heteroatoms. The summed E-state index contributed by atoms with van der Waals surface area (Å²) >= 11 is 1.50. The van der Waals surface area contributed by atoms with Crippen molar-refractivity contribution in [2.75, 3.05) is 18.6 Å². The van der Waals surface area contributed by atoms with Crippen molar-refractivity contribution >= 4 is 29.3 Å². The van der Waals surface area contributed by atoms with Gasteiger partial charge in [0.25, 0.3) is 0 Å². The molecule has 0 unspecified atom stereocenters. The second-order valence-corrected chi connectivity index (χ2v) is 8.81. The van der Waals surface area contributed by atoms with Crippen LogP contribution in [-0.2, 0) is 25.5 Å². The molecule has 0 aliphatic carbocycles. The van der Waals surface area contributed by atoms with Crippen LogP contribution in [0.2, 0.25) is 0 Å². The van der Waals surface area contributed by atoms with Gasteiger partial charge in [0.15, 0.2) is 12.6 Å². The summed E-state index contributed by atoms with van der Waals surface area (Å²) in [5, 5.41) is 9.06. The second kappa shape index (κ2) is 9.30. The van der Waals surface area contributed by atoms with Crippen LogP contribution in [0.3, 0.4) is 0 Å². The zero-order valence-corrected chi connectivity index (χ0v) is 18.3. The second-order valence-electron chi connectivity index (χ2n) is 7.56. The Labute approximate surface area is 185 Å². The number of carbonyl (C=O) groups is 2. The van der Waals surface area contributed by atoms with Gasteiger partial charge >= 0.3 is 5.97 Å². The Morgan fingerprint density at radius 1 is 1.19 bits per heavy atom. The molecule has 0 saturated carbocycles. The van der Waals surface area contributed by atoms with E-state index in [9.17, 15) is 14.7 Å². The molecule has 0 spiro atoms. The minimum atomic E-state index is -1.04. The Morgan fingerprint density at radius 2 is 1.94 bits per heavy atom. The van der Waals surface area contributed by atoms with Gasteiger partial charge in [0, 0.05) is 10.5 Å². The molecule has 0 radical (unpaired) electrons. The standard InChI is InChI=1S/C23H25NO6S/c1-14-29-23(30-14)16-8-11-19-18(12-16)24(13-21(25)26)22(27)20(31-19)5-3-4-15-6-9-17(28-2)10-7-15/h6-12,14,20,23H,3-5,13H2,1-2H3,(H,25,26)/t14?,20-,23?/m0/s1. The number of amides is 1. The van der Waals surface area contributed by atoms with E-state index in [1.807, 2.05) is 43.3 Å². The number of aryl methyl sites for hydroxylation is 1. The maximum Gasteiger partial charge on any atom is 0.323 e. The van der Waals surface area contributed by atoms with Gasteiger partial charge < -0.3 is 19.3 Å². The Kier molecular flexibility index (Phi) is 6.50. The number of carbonyl (C=O) groups excluding carboxylic acids is 1. The summed E-state index contributed by atoms with van der Waals surface area (Å²) in [6.45, 7) is 1.44. The monoisotopic (exact) mass is 443 g/mol. The number of anilines is 1. The topological polar surface area (TPSA) is 85.3 Å². The first-order valence-electron chi connectivity index (χ1n) is 10.2. The van der Waals surface area contributed by atoms with E-state index in [0.717, 1.165) is 29.1 Å². The van der Waals surface area contributed by atoms with Crippen molar-refractivity contribution in [1.29, 1.82) is 0 Å². The first-order valence-corrected chi connectivity index (χ1v) is 11.1. The summed E-state index contributed by atoms with van der Waals surface area (Å²) in [6.07, 6.45) is 1.59. The van der Waals surface area contributed by atoms with Crippen molar-refractivity contribution in [1.82, 2.24) is 0 Å². The van der Waals surface area contributed by atoms with Crippen LogP contribution >= 0.6 is 11.8 Å². The number of fused-ring (bicyclic) bond motifs is 1. The van der Waals surface area contributed by atoms with Crippen molar-refractivity contribution in [3.05, 3.63) is 53.6 Å². The Bertz CT molecular complexity index is 957. The third-order valence-corrected chi connectivity index (χ3v) is 6.69. The highest BCUT2D eigenvalue weighted by Gasteiger charge is 2.36. The molecule has 2 aromatic carbocycles. The SMILES string of the molecule is COc1ccc(CCC[C@@H]2Sc3ccc(C4OC(C)O4)cc3N(CC(=O)O)C2=O)cc1. The van der Waals surface area contributed by atoms with Crippen LogP contribution in [0.5, 0.6) is 5.75 Å². The summed E-state index contributed by atoms with van der Waals surface area (Å²) in [6, 6.07) is 13.5. The molecule has 1 N–H and O–H groups in total. The minimum Gasteiger partial charge on any atom is -0.497 e. The number of hydrogen-bond acceptors (Lipinski definition) is 6. The van der Waals surface area contributed by atoms with E-state index < -0.39 is 12.3 Å². The number of ether oxygens (including phenoxy) is 3. The number of rotatable bonds is 8. The van der Waals surface area contributed by atoms with E-state index in [0.29, 0.717) is 12.1 Å². The number of carboxylic acids is 1. The highest BCUT2D eigenvalue weighted by atomic mass is 32.2. The van der Waals surface area contributed by atoms with Crippen LogP contribution < -0.4 is 9.64 Å². The maximum atomic E-state index is 13.1. The lowest BCUT2D eigenvalue weighted by Gasteiger charge is -2.36. The van der Waals surface area contributed by atoms with Crippen LogP contribution in [0, 0.1) is 0 Å². The lowest BCUT2D eigenvalue weighted by Crippen LogP contribution is -2.44. The molecular formula is C23H25NO6S. The summed E-state index contributed by atoms with van der Waals surface area (Å²) in [7, 11) is 1.64. The number of methoxy groups -OCH3 is 1. The van der Waals surface area contributed by atoms with Crippen LogP contribution in [0.4, 0.5) is 5.69 Å². The van der Waals surface area contributed by atoms with Crippen LogP contribution in [-0.4, -0.2) is 42.2 Å². The van der Waals surface area contributed by atoms with Gasteiger partial charge in [0.05, 0.1) is 18.0 Å². The molecule has 164 valence electrons. The van der Waals surface area contributed by atoms with E-state index in [1.165, 1.54) is 22.2 Å². The molecule has 2 heterocycles. The fourth-order valence-electron chi connectivity index (χ4n) is 3.77. The van der Waals surface area contributed by atoms with Crippen molar-refractivity contribution in [2.24, 2.45) is 0 Å². The van der Waals surface area contributed by atoms with Gasteiger partial charge in [-0.15, -0.1) is 11.8 Å². The normalized spacial score (nSPS) is 22.6.